The van der Waals surface area contributed by atoms with E-state index in [0.717, 1.165) is 38.1 Å². The summed E-state index contributed by atoms with van der Waals surface area (Å²) in [6.07, 6.45) is 6.81. The second kappa shape index (κ2) is 6.00. The summed E-state index contributed by atoms with van der Waals surface area (Å²) in [6, 6.07) is 4.62. The summed E-state index contributed by atoms with van der Waals surface area (Å²) in [5.74, 6) is 1.46. The van der Waals surface area contributed by atoms with Crippen LogP contribution in [0.1, 0.15) is 55.3 Å². The first kappa shape index (κ1) is 13.7. The van der Waals surface area contributed by atoms with E-state index >= 15 is 0 Å². The van der Waals surface area contributed by atoms with Crippen molar-refractivity contribution >= 4 is 5.91 Å². The van der Waals surface area contributed by atoms with Gasteiger partial charge in [0.25, 0.3) is 5.91 Å². The Hall–Kier alpha value is -1.29. The third-order valence-corrected chi connectivity index (χ3v) is 4.30. The Morgan fingerprint density at radius 3 is 2.80 bits per heavy atom. The molecule has 4 heteroatoms. The predicted octanol–water partition coefficient (Wildman–Crippen LogP) is 2.59. The Kier molecular flexibility index (Phi) is 4.10. The van der Waals surface area contributed by atoms with Crippen LogP contribution in [-0.4, -0.2) is 36.0 Å². The van der Waals surface area contributed by atoms with Crippen molar-refractivity contribution in [2.75, 3.05) is 13.1 Å². The van der Waals surface area contributed by atoms with Gasteiger partial charge in [-0.1, -0.05) is 13.3 Å². The highest BCUT2D eigenvalue weighted by Gasteiger charge is 2.35. The maximum atomic E-state index is 12.6. The SMILES string of the molecule is CCc1ccc(C(=O)N(CC2CCCCN2)C2CC2)o1. The molecule has 4 nitrogen and oxygen atoms in total. The van der Waals surface area contributed by atoms with Crippen LogP contribution in [-0.2, 0) is 6.42 Å². The molecule has 1 saturated heterocycles. The summed E-state index contributed by atoms with van der Waals surface area (Å²) >= 11 is 0. The van der Waals surface area contributed by atoms with E-state index in [4.69, 9.17) is 4.42 Å². The van der Waals surface area contributed by atoms with Crippen LogP contribution < -0.4 is 5.32 Å². The van der Waals surface area contributed by atoms with Crippen molar-refractivity contribution in [1.29, 1.82) is 0 Å². The smallest absolute Gasteiger partial charge is 0.289 e. The summed E-state index contributed by atoms with van der Waals surface area (Å²) in [7, 11) is 0. The summed E-state index contributed by atoms with van der Waals surface area (Å²) in [5.41, 5.74) is 0. The van der Waals surface area contributed by atoms with Crippen LogP contribution in [0.25, 0.3) is 0 Å². The Morgan fingerprint density at radius 2 is 2.20 bits per heavy atom. The monoisotopic (exact) mass is 276 g/mol. The molecule has 0 bridgehead atoms. The van der Waals surface area contributed by atoms with Gasteiger partial charge in [-0.15, -0.1) is 0 Å². The second-order valence-corrected chi connectivity index (χ2v) is 5.96. The van der Waals surface area contributed by atoms with Crippen LogP contribution in [0, 0.1) is 0 Å². The lowest BCUT2D eigenvalue weighted by molar-refractivity contribution is 0.0684. The largest absolute Gasteiger partial charge is 0.456 e. The lowest BCUT2D eigenvalue weighted by Gasteiger charge is -2.30. The number of carbonyl (C=O) groups is 1. The zero-order valence-electron chi connectivity index (χ0n) is 12.2. The molecule has 2 heterocycles. The van der Waals surface area contributed by atoms with Gasteiger partial charge < -0.3 is 14.6 Å². The van der Waals surface area contributed by atoms with Gasteiger partial charge in [0, 0.05) is 25.0 Å². The quantitative estimate of drug-likeness (QED) is 0.899. The number of aryl methyl sites for hydroxylation is 1. The zero-order chi connectivity index (χ0) is 13.9. The molecular weight excluding hydrogens is 252 g/mol. The molecule has 20 heavy (non-hydrogen) atoms. The van der Waals surface area contributed by atoms with Gasteiger partial charge in [0.15, 0.2) is 5.76 Å². The Labute approximate surface area is 120 Å². The molecule has 2 aliphatic rings. The van der Waals surface area contributed by atoms with Crippen molar-refractivity contribution in [3.8, 4) is 0 Å². The standard InChI is InChI=1S/C16H24N2O2/c1-2-14-8-9-15(20-14)16(19)18(13-6-7-13)11-12-5-3-4-10-17-12/h8-9,12-13,17H,2-7,10-11H2,1H3. The van der Waals surface area contributed by atoms with Crippen LogP contribution in [0.2, 0.25) is 0 Å². The highest BCUT2D eigenvalue weighted by Crippen LogP contribution is 2.29. The maximum Gasteiger partial charge on any atom is 0.289 e. The molecule has 1 N–H and O–H groups in total. The fourth-order valence-corrected chi connectivity index (χ4v) is 2.93. The molecule has 0 spiro atoms. The average Bonchev–Trinajstić information content (AvgIpc) is 3.21. The van der Waals surface area contributed by atoms with Crippen LogP contribution in [0.3, 0.4) is 0 Å². The first-order valence-electron chi connectivity index (χ1n) is 7.91. The predicted molar refractivity (Wildman–Crippen MR) is 77.8 cm³/mol. The number of nitrogens with one attached hydrogen (secondary N) is 1. The van der Waals surface area contributed by atoms with E-state index in [9.17, 15) is 4.79 Å². The Morgan fingerprint density at radius 1 is 1.35 bits per heavy atom. The first-order valence-corrected chi connectivity index (χ1v) is 7.91. The molecule has 2 fully saturated rings. The molecule has 1 aliphatic carbocycles. The van der Waals surface area contributed by atoms with Crippen molar-refractivity contribution in [2.24, 2.45) is 0 Å². The number of hydrogen-bond acceptors (Lipinski definition) is 3. The summed E-state index contributed by atoms with van der Waals surface area (Å²) in [6.45, 7) is 3.95. The van der Waals surface area contributed by atoms with Gasteiger partial charge >= 0.3 is 0 Å². The van der Waals surface area contributed by atoms with Crippen molar-refractivity contribution in [3.05, 3.63) is 23.7 Å². The Bertz CT molecular complexity index is 459. The lowest BCUT2D eigenvalue weighted by atomic mass is 10.0. The molecule has 1 aliphatic heterocycles. The highest BCUT2D eigenvalue weighted by atomic mass is 16.4. The third kappa shape index (κ3) is 3.06. The molecule has 0 radical (unpaired) electrons. The van der Waals surface area contributed by atoms with Crippen LogP contribution >= 0.6 is 0 Å². The van der Waals surface area contributed by atoms with E-state index in [1.54, 1.807) is 0 Å². The molecule has 110 valence electrons. The van der Waals surface area contributed by atoms with Crippen LogP contribution in [0.15, 0.2) is 16.5 Å². The number of rotatable bonds is 5. The Balaban J connectivity index is 1.67. The molecule has 1 amide bonds. The van der Waals surface area contributed by atoms with Crippen LogP contribution in [0.5, 0.6) is 0 Å². The fraction of sp³-hybridized carbons (Fsp3) is 0.688. The number of nitrogens with zero attached hydrogens (tertiary/aromatic N) is 1. The molecule has 1 saturated carbocycles. The van der Waals surface area contributed by atoms with E-state index < -0.39 is 0 Å². The van der Waals surface area contributed by atoms with Crippen molar-refractivity contribution in [1.82, 2.24) is 10.2 Å². The highest BCUT2D eigenvalue weighted by molar-refractivity contribution is 5.92. The minimum absolute atomic E-state index is 0.0690. The van der Waals surface area contributed by atoms with Crippen molar-refractivity contribution < 1.29 is 9.21 Å². The van der Waals surface area contributed by atoms with Gasteiger partial charge in [-0.05, 0) is 44.4 Å². The summed E-state index contributed by atoms with van der Waals surface area (Å²) in [4.78, 5) is 14.7. The molecule has 3 rings (SSSR count). The summed E-state index contributed by atoms with van der Waals surface area (Å²) < 4.78 is 5.63. The normalized spacial score (nSPS) is 22.8. The zero-order valence-corrected chi connectivity index (χ0v) is 12.2. The number of piperidine rings is 1. The second-order valence-electron chi connectivity index (χ2n) is 5.96. The van der Waals surface area contributed by atoms with E-state index in [2.05, 4.69) is 5.32 Å². The fourth-order valence-electron chi connectivity index (χ4n) is 2.93. The topological polar surface area (TPSA) is 45.5 Å². The van der Waals surface area contributed by atoms with E-state index in [-0.39, 0.29) is 5.91 Å². The number of hydrogen-bond donors (Lipinski definition) is 1. The van der Waals surface area contributed by atoms with Gasteiger partial charge in [-0.3, -0.25) is 4.79 Å². The van der Waals surface area contributed by atoms with E-state index in [1.807, 2.05) is 24.0 Å². The minimum atomic E-state index is 0.0690. The lowest BCUT2D eigenvalue weighted by Crippen LogP contribution is -2.46. The molecular formula is C16H24N2O2. The minimum Gasteiger partial charge on any atom is -0.456 e. The van der Waals surface area contributed by atoms with Gasteiger partial charge in [-0.25, -0.2) is 0 Å². The van der Waals surface area contributed by atoms with E-state index in [0.29, 0.717) is 17.8 Å². The average molecular weight is 276 g/mol. The van der Waals surface area contributed by atoms with Gasteiger partial charge in [0.05, 0.1) is 0 Å². The van der Waals surface area contributed by atoms with Crippen LogP contribution in [0.4, 0.5) is 0 Å². The number of amides is 1. The van der Waals surface area contributed by atoms with Crippen molar-refractivity contribution in [2.45, 2.75) is 57.5 Å². The molecule has 1 atom stereocenters. The number of carbonyl (C=O) groups excluding carboxylic acids is 1. The number of furan rings is 1. The third-order valence-electron chi connectivity index (χ3n) is 4.30. The summed E-state index contributed by atoms with van der Waals surface area (Å²) in [5, 5.41) is 3.53. The van der Waals surface area contributed by atoms with Gasteiger partial charge in [-0.2, -0.15) is 0 Å². The first-order chi connectivity index (χ1) is 9.78. The molecule has 1 aromatic heterocycles. The van der Waals surface area contributed by atoms with Crippen molar-refractivity contribution in [3.63, 3.8) is 0 Å². The molecule has 0 aromatic carbocycles. The molecule has 1 unspecified atom stereocenters. The van der Waals surface area contributed by atoms with Gasteiger partial charge in [0.1, 0.15) is 5.76 Å². The maximum absolute atomic E-state index is 12.6. The van der Waals surface area contributed by atoms with E-state index in [1.165, 1.54) is 19.3 Å². The molecule has 1 aromatic rings. The van der Waals surface area contributed by atoms with Gasteiger partial charge in [0.2, 0.25) is 0 Å².